The summed E-state index contributed by atoms with van der Waals surface area (Å²) < 4.78 is 51.6. The zero-order valence-corrected chi connectivity index (χ0v) is 18.7. The zero-order chi connectivity index (χ0) is 23.6. The number of hydrogen-bond acceptors (Lipinski definition) is 5. The highest BCUT2D eigenvalue weighted by Gasteiger charge is 2.37. The Morgan fingerprint density at radius 1 is 1.18 bits per heavy atom. The maximum Gasteiger partial charge on any atom is 0.419 e. The van der Waals surface area contributed by atoms with Gasteiger partial charge in [0, 0.05) is 19.3 Å². The Kier molecular flexibility index (Phi) is 6.67. The fraction of sp³-hybridized carbons (Fsp3) is 0.500. The van der Waals surface area contributed by atoms with Gasteiger partial charge in [-0.2, -0.15) is 13.2 Å². The van der Waals surface area contributed by atoms with Crippen molar-refractivity contribution in [1.82, 2.24) is 10.3 Å². The van der Waals surface area contributed by atoms with Crippen LogP contribution in [-0.4, -0.2) is 37.2 Å². The molecule has 0 radical (unpaired) electrons. The molecule has 4 rings (SSSR count). The van der Waals surface area contributed by atoms with Gasteiger partial charge in [-0.1, -0.05) is 19.9 Å². The van der Waals surface area contributed by atoms with Crippen LogP contribution >= 0.6 is 0 Å². The smallest absolute Gasteiger partial charge is 0.419 e. The summed E-state index contributed by atoms with van der Waals surface area (Å²) in [7, 11) is 0. The number of pyridine rings is 1. The van der Waals surface area contributed by atoms with Crippen LogP contribution in [0.25, 0.3) is 0 Å². The van der Waals surface area contributed by atoms with Crippen LogP contribution in [0, 0.1) is 11.8 Å². The molecular weight excluding hydrogens is 435 g/mol. The number of benzene rings is 1. The lowest BCUT2D eigenvalue weighted by atomic mass is 9.92. The molecule has 1 aromatic carbocycles. The number of amides is 1. The maximum absolute atomic E-state index is 13.5. The van der Waals surface area contributed by atoms with E-state index in [1.165, 1.54) is 12.3 Å². The first-order chi connectivity index (χ1) is 15.7. The molecule has 2 atom stereocenters. The van der Waals surface area contributed by atoms with Crippen LogP contribution in [0.5, 0.6) is 11.5 Å². The van der Waals surface area contributed by atoms with Crippen molar-refractivity contribution in [2.45, 2.75) is 38.9 Å². The topological polar surface area (TPSA) is 63.7 Å². The molecule has 1 fully saturated rings. The summed E-state index contributed by atoms with van der Waals surface area (Å²) >= 11 is 0. The number of nitrogens with zero attached hydrogens (tertiary/aromatic N) is 2. The van der Waals surface area contributed by atoms with Crippen LogP contribution < -0.4 is 19.7 Å². The lowest BCUT2D eigenvalue weighted by Crippen LogP contribution is -2.45. The molecule has 2 aromatic rings. The van der Waals surface area contributed by atoms with Crippen molar-refractivity contribution in [3.63, 3.8) is 0 Å². The highest BCUT2D eigenvalue weighted by Crippen LogP contribution is 2.37. The molecule has 1 amide bonds. The van der Waals surface area contributed by atoms with Crippen LogP contribution in [0.2, 0.25) is 0 Å². The predicted molar refractivity (Wildman–Crippen MR) is 117 cm³/mol. The van der Waals surface area contributed by atoms with Gasteiger partial charge in [0.2, 0.25) is 5.91 Å². The minimum absolute atomic E-state index is 0.101. The second-order valence-corrected chi connectivity index (χ2v) is 8.79. The van der Waals surface area contributed by atoms with E-state index in [4.69, 9.17) is 9.47 Å². The molecule has 0 spiro atoms. The Morgan fingerprint density at radius 3 is 2.67 bits per heavy atom. The number of anilines is 1. The summed E-state index contributed by atoms with van der Waals surface area (Å²) in [5.74, 6) is 0.714. The molecule has 1 aromatic heterocycles. The van der Waals surface area contributed by atoms with E-state index < -0.39 is 17.7 Å². The fourth-order valence-corrected chi connectivity index (χ4v) is 4.41. The average molecular weight is 464 g/mol. The predicted octanol–water partition coefficient (Wildman–Crippen LogP) is 4.60. The van der Waals surface area contributed by atoms with Crippen LogP contribution in [-0.2, 0) is 11.0 Å². The number of hydrogen-bond donors (Lipinski definition) is 1. The van der Waals surface area contributed by atoms with Gasteiger partial charge in [-0.3, -0.25) is 4.79 Å². The largest absolute Gasteiger partial charge is 0.486 e. The summed E-state index contributed by atoms with van der Waals surface area (Å²) in [5.41, 5.74) is 0.127. The van der Waals surface area contributed by atoms with Crippen molar-refractivity contribution in [2.24, 2.45) is 11.8 Å². The Morgan fingerprint density at radius 2 is 1.94 bits per heavy atom. The Bertz CT molecular complexity index is 996. The number of aromatic nitrogens is 1. The van der Waals surface area contributed by atoms with Crippen molar-refractivity contribution in [2.75, 3.05) is 31.2 Å². The van der Waals surface area contributed by atoms with Crippen LogP contribution in [0.4, 0.5) is 19.0 Å². The van der Waals surface area contributed by atoms with E-state index in [1.807, 2.05) is 32.0 Å². The standard InChI is InChI=1S/C24H28F3N3O3/c1-15(2)21(16-7-8-19-20(13-16)33-12-11-32-19)29-23(31)17-5-4-10-30(14-17)22-18(24(25,26)27)6-3-9-28-22/h3,6-9,13,15,17,21H,4-5,10-12,14H2,1-2H3,(H,29,31). The van der Waals surface area contributed by atoms with Gasteiger partial charge in [-0.25, -0.2) is 4.98 Å². The van der Waals surface area contributed by atoms with Crippen molar-refractivity contribution < 1.29 is 27.4 Å². The van der Waals surface area contributed by atoms with Gasteiger partial charge < -0.3 is 19.7 Å². The monoisotopic (exact) mass is 463 g/mol. The first-order valence-electron chi connectivity index (χ1n) is 11.2. The molecule has 0 bridgehead atoms. The molecule has 1 saturated heterocycles. The molecule has 6 nitrogen and oxygen atoms in total. The Balaban J connectivity index is 1.49. The molecule has 178 valence electrons. The highest BCUT2D eigenvalue weighted by molar-refractivity contribution is 5.80. The van der Waals surface area contributed by atoms with Gasteiger partial charge in [0.15, 0.2) is 11.5 Å². The third-order valence-electron chi connectivity index (χ3n) is 6.07. The maximum atomic E-state index is 13.5. The van der Waals surface area contributed by atoms with E-state index in [9.17, 15) is 18.0 Å². The van der Waals surface area contributed by atoms with Crippen molar-refractivity contribution in [3.05, 3.63) is 47.7 Å². The molecule has 9 heteroatoms. The number of halogens is 3. The molecule has 0 saturated carbocycles. The summed E-state index contributed by atoms with van der Waals surface area (Å²) in [4.78, 5) is 18.8. The number of fused-ring (bicyclic) bond motifs is 1. The first-order valence-corrected chi connectivity index (χ1v) is 11.2. The van der Waals surface area contributed by atoms with E-state index >= 15 is 0 Å². The number of alkyl halides is 3. The van der Waals surface area contributed by atoms with Gasteiger partial charge in [-0.05, 0) is 48.6 Å². The lowest BCUT2D eigenvalue weighted by molar-refractivity contribution is -0.137. The first kappa shape index (κ1) is 23.2. The summed E-state index contributed by atoms with van der Waals surface area (Å²) in [6.45, 7) is 5.62. The molecule has 0 aliphatic carbocycles. The second kappa shape index (κ2) is 9.49. The van der Waals surface area contributed by atoms with Crippen molar-refractivity contribution in [3.8, 4) is 11.5 Å². The molecule has 1 N–H and O–H groups in total. The molecule has 2 unspecified atom stereocenters. The number of nitrogens with one attached hydrogen (secondary N) is 1. The van der Waals surface area contributed by atoms with Crippen molar-refractivity contribution in [1.29, 1.82) is 0 Å². The van der Waals surface area contributed by atoms with Crippen LogP contribution in [0.1, 0.15) is 43.9 Å². The van der Waals surface area contributed by atoms with Gasteiger partial charge in [0.05, 0.1) is 17.5 Å². The minimum Gasteiger partial charge on any atom is -0.486 e. The Hall–Kier alpha value is -2.97. The highest BCUT2D eigenvalue weighted by atomic mass is 19.4. The summed E-state index contributed by atoms with van der Waals surface area (Å²) in [6, 6.07) is 7.69. The van der Waals surface area contributed by atoms with Gasteiger partial charge in [0.25, 0.3) is 0 Å². The van der Waals surface area contributed by atoms with E-state index in [1.54, 1.807) is 4.90 Å². The minimum atomic E-state index is -4.50. The fourth-order valence-electron chi connectivity index (χ4n) is 4.41. The quantitative estimate of drug-likeness (QED) is 0.702. The van der Waals surface area contributed by atoms with E-state index in [0.29, 0.717) is 44.1 Å². The number of ether oxygens (including phenoxy) is 2. The number of piperidine rings is 1. The SMILES string of the molecule is CC(C)C(NC(=O)C1CCCN(c2ncccc2C(F)(F)F)C1)c1ccc2c(c1)OCCO2. The summed E-state index contributed by atoms with van der Waals surface area (Å²) in [5, 5.41) is 3.12. The Labute approximate surface area is 191 Å². The normalized spacial score (nSPS) is 19.3. The zero-order valence-electron chi connectivity index (χ0n) is 18.7. The van der Waals surface area contributed by atoms with Crippen LogP contribution in [0.15, 0.2) is 36.5 Å². The third kappa shape index (κ3) is 5.17. The molecule has 2 aliphatic rings. The number of carbonyl (C=O) groups is 1. The molecule has 33 heavy (non-hydrogen) atoms. The number of rotatable bonds is 5. The lowest BCUT2D eigenvalue weighted by Gasteiger charge is -2.35. The van der Waals surface area contributed by atoms with E-state index in [0.717, 1.165) is 11.6 Å². The van der Waals surface area contributed by atoms with Gasteiger partial charge in [-0.15, -0.1) is 0 Å². The van der Waals surface area contributed by atoms with Gasteiger partial charge >= 0.3 is 6.18 Å². The van der Waals surface area contributed by atoms with E-state index in [2.05, 4.69) is 10.3 Å². The van der Waals surface area contributed by atoms with Crippen LogP contribution in [0.3, 0.4) is 0 Å². The van der Waals surface area contributed by atoms with Gasteiger partial charge in [0.1, 0.15) is 19.0 Å². The van der Waals surface area contributed by atoms with E-state index in [-0.39, 0.29) is 30.2 Å². The molecule has 3 heterocycles. The number of carbonyl (C=O) groups excluding carboxylic acids is 1. The summed E-state index contributed by atoms with van der Waals surface area (Å²) in [6.07, 6.45) is -1.92. The van der Waals surface area contributed by atoms with Crippen molar-refractivity contribution >= 4 is 11.7 Å². The second-order valence-electron chi connectivity index (χ2n) is 8.79. The average Bonchev–Trinajstić information content (AvgIpc) is 2.81. The molecular formula is C24H28F3N3O3. The third-order valence-corrected chi connectivity index (χ3v) is 6.07. The molecule has 2 aliphatic heterocycles.